The van der Waals surface area contributed by atoms with E-state index in [1.54, 1.807) is 6.92 Å². The maximum Gasteiger partial charge on any atom is 0.135 e. The Balaban J connectivity index is 2.72. The molecule has 0 amide bonds. The Bertz CT molecular complexity index is 679. The molecule has 0 heterocycles. The van der Waals surface area contributed by atoms with E-state index in [9.17, 15) is 13.9 Å². The number of benzene rings is 2. The lowest BCUT2D eigenvalue weighted by atomic mass is 9.87. The average molecular weight is 290 g/mol. The van der Waals surface area contributed by atoms with E-state index >= 15 is 0 Å². The van der Waals surface area contributed by atoms with Crippen molar-refractivity contribution in [3.63, 3.8) is 0 Å². The Kier molecular flexibility index (Phi) is 4.15. The van der Waals surface area contributed by atoms with Gasteiger partial charge >= 0.3 is 0 Å². The molecule has 0 radical (unpaired) electrons. The van der Waals surface area contributed by atoms with Gasteiger partial charge in [-0.1, -0.05) is 12.1 Å². The van der Waals surface area contributed by atoms with Gasteiger partial charge < -0.3 is 5.11 Å². The zero-order valence-electron chi connectivity index (χ0n) is 13.0. The van der Waals surface area contributed by atoms with Gasteiger partial charge in [-0.3, -0.25) is 0 Å². The molecule has 2 aromatic rings. The first-order valence-corrected chi connectivity index (χ1v) is 6.95. The van der Waals surface area contributed by atoms with Crippen molar-refractivity contribution < 1.29 is 13.9 Å². The summed E-state index contributed by atoms with van der Waals surface area (Å²) in [6.45, 7) is 9.16. The second-order valence-corrected chi connectivity index (χ2v) is 5.67. The minimum absolute atomic E-state index is 0.272. The molecular formula is C18H20F2O. The number of aliphatic hydroxyl groups excluding tert-OH is 1. The summed E-state index contributed by atoms with van der Waals surface area (Å²) in [5.74, 6) is -1.40. The first-order chi connectivity index (χ1) is 9.75. The van der Waals surface area contributed by atoms with Crippen LogP contribution in [-0.2, 0) is 0 Å². The summed E-state index contributed by atoms with van der Waals surface area (Å²) < 4.78 is 28.3. The van der Waals surface area contributed by atoms with Crippen molar-refractivity contribution in [2.45, 2.75) is 40.7 Å². The number of hydrogen-bond donors (Lipinski definition) is 1. The third-order valence-corrected chi connectivity index (χ3v) is 4.29. The first-order valence-electron chi connectivity index (χ1n) is 6.95. The normalized spacial score (nSPS) is 12.6. The summed E-state index contributed by atoms with van der Waals surface area (Å²) in [5.41, 5.74) is 4.38. The van der Waals surface area contributed by atoms with E-state index in [4.69, 9.17) is 0 Å². The molecule has 0 aromatic heterocycles. The van der Waals surface area contributed by atoms with E-state index in [0.29, 0.717) is 11.1 Å². The molecule has 0 spiro atoms. The zero-order valence-corrected chi connectivity index (χ0v) is 13.0. The van der Waals surface area contributed by atoms with Gasteiger partial charge in [0.05, 0.1) is 5.56 Å². The second kappa shape index (κ2) is 5.57. The summed E-state index contributed by atoms with van der Waals surface area (Å²) in [6.07, 6.45) is -1.30. The predicted octanol–water partition coefficient (Wildman–Crippen LogP) is 4.59. The molecule has 2 rings (SSSR count). The molecule has 0 saturated heterocycles. The van der Waals surface area contributed by atoms with Crippen molar-refractivity contribution in [2.75, 3.05) is 0 Å². The quantitative estimate of drug-likeness (QED) is 0.857. The molecule has 1 nitrogen and oxygen atoms in total. The van der Waals surface area contributed by atoms with E-state index in [1.807, 2.05) is 33.8 Å². The molecule has 0 aliphatic rings. The van der Waals surface area contributed by atoms with Crippen LogP contribution in [0.3, 0.4) is 0 Å². The minimum Gasteiger partial charge on any atom is -0.383 e. The third-order valence-electron chi connectivity index (χ3n) is 4.29. The Morgan fingerprint density at radius 3 is 1.86 bits per heavy atom. The van der Waals surface area contributed by atoms with Gasteiger partial charge in [-0.25, -0.2) is 8.78 Å². The highest BCUT2D eigenvalue weighted by Gasteiger charge is 2.25. The lowest BCUT2D eigenvalue weighted by Crippen LogP contribution is -2.11. The number of rotatable bonds is 2. The zero-order chi connectivity index (χ0) is 15.9. The van der Waals surface area contributed by atoms with Crippen LogP contribution in [0, 0.1) is 46.3 Å². The highest BCUT2D eigenvalue weighted by atomic mass is 19.1. The number of aryl methyl sites for hydroxylation is 3. The molecule has 0 saturated carbocycles. The molecule has 21 heavy (non-hydrogen) atoms. The monoisotopic (exact) mass is 290 g/mol. The summed E-state index contributed by atoms with van der Waals surface area (Å²) >= 11 is 0. The molecule has 3 heteroatoms. The fourth-order valence-electron chi connectivity index (χ4n) is 2.73. The van der Waals surface area contributed by atoms with E-state index in [-0.39, 0.29) is 5.56 Å². The van der Waals surface area contributed by atoms with Crippen LogP contribution < -0.4 is 0 Å². The van der Waals surface area contributed by atoms with E-state index in [0.717, 1.165) is 22.3 Å². The Morgan fingerprint density at radius 1 is 0.810 bits per heavy atom. The SMILES string of the molecule is Cc1cc(C)c(C)c(C(O)c2c(F)ccc(C)c2F)c1C. The molecular weight excluding hydrogens is 270 g/mol. The van der Waals surface area contributed by atoms with Crippen molar-refractivity contribution in [3.8, 4) is 0 Å². The Morgan fingerprint density at radius 2 is 1.33 bits per heavy atom. The van der Waals surface area contributed by atoms with Gasteiger partial charge in [0.15, 0.2) is 0 Å². The van der Waals surface area contributed by atoms with Crippen LogP contribution >= 0.6 is 0 Å². The van der Waals surface area contributed by atoms with Crippen LogP contribution in [0.5, 0.6) is 0 Å². The van der Waals surface area contributed by atoms with Gasteiger partial charge in [0.25, 0.3) is 0 Å². The van der Waals surface area contributed by atoms with E-state index in [2.05, 4.69) is 0 Å². The predicted molar refractivity (Wildman–Crippen MR) is 80.5 cm³/mol. The van der Waals surface area contributed by atoms with Gasteiger partial charge in [0, 0.05) is 0 Å². The molecule has 112 valence electrons. The molecule has 1 N–H and O–H groups in total. The highest BCUT2D eigenvalue weighted by Crippen LogP contribution is 2.34. The van der Waals surface area contributed by atoms with Gasteiger partial charge in [-0.05, 0) is 74.1 Å². The van der Waals surface area contributed by atoms with Crippen LogP contribution in [0.15, 0.2) is 18.2 Å². The van der Waals surface area contributed by atoms with Crippen molar-refractivity contribution in [3.05, 3.63) is 68.8 Å². The van der Waals surface area contributed by atoms with Crippen LogP contribution in [0.4, 0.5) is 8.78 Å². The summed E-state index contributed by atoms with van der Waals surface area (Å²) in [7, 11) is 0. The Hall–Kier alpha value is -1.74. The third kappa shape index (κ3) is 2.58. The number of halogens is 2. The summed E-state index contributed by atoms with van der Waals surface area (Å²) in [5, 5.41) is 10.6. The second-order valence-electron chi connectivity index (χ2n) is 5.67. The molecule has 2 aromatic carbocycles. The lowest BCUT2D eigenvalue weighted by Gasteiger charge is -2.21. The van der Waals surface area contributed by atoms with E-state index < -0.39 is 17.7 Å². The van der Waals surface area contributed by atoms with E-state index in [1.165, 1.54) is 12.1 Å². The lowest BCUT2D eigenvalue weighted by molar-refractivity contribution is 0.207. The fourth-order valence-corrected chi connectivity index (χ4v) is 2.73. The standard InChI is InChI=1S/C18H20F2O/c1-9-6-7-14(19)16(17(9)20)18(21)15-12(4)10(2)8-11(3)13(15)5/h6-8,18,21H,1-5H3. The molecule has 0 aliphatic heterocycles. The molecule has 1 atom stereocenters. The van der Waals surface area contributed by atoms with Crippen molar-refractivity contribution in [2.24, 2.45) is 0 Å². The smallest absolute Gasteiger partial charge is 0.135 e. The minimum atomic E-state index is -1.30. The van der Waals surface area contributed by atoms with Gasteiger partial charge in [0.2, 0.25) is 0 Å². The summed E-state index contributed by atoms with van der Waals surface area (Å²) in [6, 6.07) is 4.59. The molecule has 0 bridgehead atoms. The summed E-state index contributed by atoms with van der Waals surface area (Å²) in [4.78, 5) is 0. The fraction of sp³-hybridized carbons (Fsp3) is 0.333. The molecule has 0 aliphatic carbocycles. The Labute approximate surface area is 124 Å². The first kappa shape index (κ1) is 15.6. The van der Waals surface area contributed by atoms with Gasteiger partial charge in [0.1, 0.15) is 17.7 Å². The van der Waals surface area contributed by atoms with Crippen molar-refractivity contribution in [1.82, 2.24) is 0 Å². The van der Waals surface area contributed by atoms with Crippen LogP contribution in [0.25, 0.3) is 0 Å². The number of aliphatic hydroxyl groups is 1. The van der Waals surface area contributed by atoms with Gasteiger partial charge in [-0.15, -0.1) is 0 Å². The molecule has 0 fully saturated rings. The van der Waals surface area contributed by atoms with Crippen molar-refractivity contribution >= 4 is 0 Å². The van der Waals surface area contributed by atoms with Crippen molar-refractivity contribution in [1.29, 1.82) is 0 Å². The maximum absolute atomic E-state index is 14.3. The largest absolute Gasteiger partial charge is 0.383 e. The topological polar surface area (TPSA) is 20.2 Å². The van der Waals surface area contributed by atoms with Crippen LogP contribution in [0.1, 0.15) is 45.0 Å². The maximum atomic E-state index is 14.3. The van der Waals surface area contributed by atoms with Gasteiger partial charge in [-0.2, -0.15) is 0 Å². The van der Waals surface area contributed by atoms with Crippen LogP contribution in [-0.4, -0.2) is 5.11 Å². The average Bonchev–Trinajstić information content (AvgIpc) is 2.41. The van der Waals surface area contributed by atoms with Crippen LogP contribution in [0.2, 0.25) is 0 Å². The molecule has 1 unspecified atom stereocenters. The number of hydrogen-bond acceptors (Lipinski definition) is 1. The highest BCUT2D eigenvalue weighted by molar-refractivity contribution is 5.48.